The van der Waals surface area contributed by atoms with Crippen LogP contribution in [0.5, 0.6) is 0 Å². The molecule has 0 nitrogen and oxygen atoms in total. The van der Waals surface area contributed by atoms with Gasteiger partial charge in [-0.25, -0.2) is 17.6 Å². The van der Waals surface area contributed by atoms with E-state index in [0.717, 1.165) is 28.3 Å². The van der Waals surface area contributed by atoms with Crippen LogP contribution in [0.2, 0.25) is 0 Å². The van der Waals surface area contributed by atoms with Crippen molar-refractivity contribution < 1.29 is 17.6 Å². The Morgan fingerprint density at radius 1 is 0.565 bits per heavy atom. The van der Waals surface area contributed by atoms with Gasteiger partial charge in [0.1, 0.15) is 0 Å². The normalized spacial score (nSPS) is 13.0. The molecule has 3 aromatic carbocycles. The van der Waals surface area contributed by atoms with Crippen LogP contribution in [0.3, 0.4) is 0 Å². The van der Waals surface area contributed by atoms with E-state index >= 15 is 0 Å². The standard InChI is InChI=1S/C19H10F4/c20-15-9-14(17(21)19(23)18(15)22)16-12-7-3-1-5-10(12)11-6-2-4-8-13(11)16/h1-9,16H. The summed E-state index contributed by atoms with van der Waals surface area (Å²) < 4.78 is 54.9. The minimum absolute atomic E-state index is 0.196. The van der Waals surface area contributed by atoms with Crippen LogP contribution >= 0.6 is 0 Å². The summed E-state index contributed by atoms with van der Waals surface area (Å²) in [5, 5.41) is 0. The van der Waals surface area contributed by atoms with Gasteiger partial charge in [-0.15, -0.1) is 0 Å². The molecule has 0 saturated heterocycles. The first-order valence-corrected chi connectivity index (χ1v) is 7.10. The average Bonchev–Trinajstić information content (AvgIpc) is 2.91. The van der Waals surface area contributed by atoms with Crippen molar-refractivity contribution in [2.45, 2.75) is 5.92 Å². The summed E-state index contributed by atoms with van der Waals surface area (Å²) in [4.78, 5) is 0. The van der Waals surface area contributed by atoms with Crippen LogP contribution in [-0.2, 0) is 0 Å². The summed E-state index contributed by atoms with van der Waals surface area (Å²) in [5.74, 6) is -6.96. The maximum Gasteiger partial charge on any atom is 0.197 e. The Bertz CT molecular complexity index is 885. The van der Waals surface area contributed by atoms with E-state index in [1.807, 2.05) is 24.3 Å². The lowest BCUT2D eigenvalue weighted by molar-refractivity contribution is 0.403. The van der Waals surface area contributed by atoms with Crippen molar-refractivity contribution in [1.82, 2.24) is 0 Å². The topological polar surface area (TPSA) is 0 Å². The highest BCUT2D eigenvalue weighted by molar-refractivity contribution is 5.80. The van der Waals surface area contributed by atoms with Gasteiger partial charge in [0.15, 0.2) is 23.3 Å². The molecule has 0 aromatic heterocycles. The smallest absolute Gasteiger partial charge is 0.197 e. The summed E-state index contributed by atoms with van der Waals surface area (Å²) in [5.41, 5.74) is 3.07. The monoisotopic (exact) mass is 314 g/mol. The second-order valence-corrected chi connectivity index (χ2v) is 5.50. The fraction of sp³-hybridized carbons (Fsp3) is 0.0526. The molecule has 0 aliphatic heterocycles. The third-order valence-electron chi connectivity index (χ3n) is 4.28. The van der Waals surface area contributed by atoms with Crippen molar-refractivity contribution >= 4 is 0 Å². The van der Waals surface area contributed by atoms with Gasteiger partial charge in [0.05, 0.1) is 0 Å². The molecule has 0 radical (unpaired) electrons. The van der Waals surface area contributed by atoms with E-state index in [-0.39, 0.29) is 5.56 Å². The highest BCUT2D eigenvalue weighted by Gasteiger charge is 2.33. The Kier molecular flexibility index (Phi) is 3.01. The van der Waals surface area contributed by atoms with Crippen LogP contribution < -0.4 is 0 Å². The Balaban J connectivity index is 2.04. The SMILES string of the molecule is Fc1cc(C2c3ccccc3-c3ccccc32)c(F)c(F)c1F. The summed E-state index contributed by atoms with van der Waals surface area (Å²) in [6.45, 7) is 0. The molecule has 3 aromatic rings. The molecule has 0 N–H and O–H groups in total. The van der Waals surface area contributed by atoms with Gasteiger partial charge >= 0.3 is 0 Å². The molecule has 114 valence electrons. The largest absolute Gasteiger partial charge is 0.204 e. The molecule has 0 amide bonds. The molecule has 4 rings (SSSR count). The highest BCUT2D eigenvalue weighted by Crippen LogP contribution is 2.48. The van der Waals surface area contributed by atoms with Crippen LogP contribution in [0.4, 0.5) is 17.6 Å². The van der Waals surface area contributed by atoms with Gasteiger partial charge < -0.3 is 0 Å². The van der Waals surface area contributed by atoms with E-state index in [0.29, 0.717) is 0 Å². The Hall–Kier alpha value is -2.62. The van der Waals surface area contributed by atoms with Crippen molar-refractivity contribution in [1.29, 1.82) is 0 Å². The van der Waals surface area contributed by atoms with Crippen molar-refractivity contribution in [3.8, 4) is 11.1 Å². The van der Waals surface area contributed by atoms with Crippen LogP contribution in [-0.4, -0.2) is 0 Å². The number of benzene rings is 3. The van der Waals surface area contributed by atoms with Gasteiger partial charge in [0.25, 0.3) is 0 Å². The van der Waals surface area contributed by atoms with Gasteiger partial charge in [0, 0.05) is 11.5 Å². The van der Waals surface area contributed by atoms with Gasteiger partial charge in [0.2, 0.25) is 0 Å². The molecule has 1 aliphatic rings. The molecule has 0 spiro atoms. The lowest BCUT2D eigenvalue weighted by Crippen LogP contribution is -2.07. The Labute approximate surface area is 130 Å². The van der Waals surface area contributed by atoms with E-state index in [1.54, 1.807) is 24.3 Å². The Morgan fingerprint density at radius 2 is 1.09 bits per heavy atom. The number of halogens is 4. The Morgan fingerprint density at radius 3 is 1.65 bits per heavy atom. The first-order valence-electron chi connectivity index (χ1n) is 7.10. The molecule has 0 fully saturated rings. The van der Waals surface area contributed by atoms with Gasteiger partial charge in [-0.3, -0.25) is 0 Å². The van der Waals surface area contributed by atoms with Gasteiger partial charge in [-0.05, 0) is 28.3 Å². The fourth-order valence-corrected chi connectivity index (χ4v) is 3.29. The zero-order valence-electron chi connectivity index (χ0n) is 11.8. The van der Waals surface area contributed by atoms with Crippen molar-refractivity contribution in [2.75, 3.05) is 0 Å². The summed E-state index contributed by atoms with van der Waals surface area (Å²) >= 11 is 0. The quantitative estimate of drug-likeness (QED) is 0.250. The van der Waals surface area contributed by atoms with Crippen LogP contribution in [0.1, 0.15) is 22.6 Å². The molecular formula is C19H10F4. The minimum atomic E-state index is -1.79. The molecular weight excluding hydrogens is 304 g/mol. The lowest BCUT2D eigenvalue weighted by atomic mass is 9.89. The van der Waals surface area contributed by atoms with E-state index < -0.39 is 29.2 Å². The zero-order chi connectivity index (χ0) is 16.1. The molecule has 0 unspecified atom stereocenters. The fourth-order valence-electron chi connectivity index (χ4n) is 3.29. The second-order valence-electron chi connectivity index (χ2n) is 5.50. The molecule has 0 heterocycles. The van der Waals surface area contributed by atoms with E-state index in [2.05, 4.69) is 0 Å². The summed E-state index contributed by atoms with van der Waals surface area (Å²) in [7, 11) is 0. The molecule has 23 heavy (non-hydrogen) atoms. The second kappa shape index (κ2) is 4.95. The first-order chi connectivity index (χ1) is 11.1. The first kappa shape index (κ1) is 14.0. The van der Waals surface area contributed by atoms with Gasteiger partial charge in [-0.2, -0.15) is 0 Å². The lowest BCUT2D eigenvalue weighted by Gasteiger charge is -2.16. The average molecular weight is 314 g/mol. The van der Waals surface area contributed by atoms with E-state index in [9.17, 15) is 17.6 Å². The molecule has 1 aliphatic carbocycles. The maximum atomic E-state index is 14.3. The number of fused-ring (bicyclic) bond motifs is 3. The van der Waals surface area contributed by atoms with Gasteiger partial charge in [-0.1, -0.05) is 48.5 Å². The van der Waals surface area contributed by atoms with Crippen molar-refractivity contribution in [3.63, 3.8) is 0 Å². The third kappa shape index (κ3) is 1.91. The molecule has 0 bridgehead atoms. The van der Waals surface area contributed by atoms with Crippen LogP contribution in [0.15, 0.2) is 54.6 Å². The zero-order valence-corrected chi connectivity index (χ0v) is 11.8. The van der Waals surface area contributed by atoms with Crippen molar-refractivity contribution in [2.24, 2.45) is 0 Å². The number of hydrogen-bond acceptors (Lipinski definition) is 0. The molecule has 0 atom stereocenters. The highest BCUT2D eigenvalue weighted by atomic mass is 19.2. The van der Waals surface area contributed by atoms with Crippen molar-refractivity contribution in [3.05, 3.63) is 94.6 Å². The minimum Gasteiger partial charge on any atom is -0.204 e. The predicted octanol–water partition coefficient (Wildman–Crippen LogP) is 5.40. The molecule has 4 heteroatoms. The van der Waals surface area contributed by atoms with E-state index in [1.165, 1.54) is 0 Å². The van der Waals surface area contributed by atoms with E-state index in [4.69, 9.17) is 0 Å². The summed E-state index contributed by atoms with van der Waals surface area (Å²) in [6, 6.07) is 15.3. The predicted molar refractivity (Wildman–Crippen MR) is 79.1 cm³/mol. The summed E-state index contributed by atoms with van der Waals surface area (Å²) in [6.07, 6.45) is 0. The number of hydrogen-bond donors (Lipinski definition) is 0. The van der Waals surface area contributed by atoms with Crippen LogP contribution in [0, 0.1) is 23.3 Å². The van der Waals surface area contributed by atoms with Crippen LogP contribution in [0.25, 0.3) is 11.1 Å². The third-order valence-corrected chi connectivity index (χ3v) is 4.28. The number of rotatable bonds is 1. The molecule has 0 saturated carbocycles. The maximum absolute atomic E-state index is 14.3.